The van der Waals surface area contributed by atoms with Crippen molar-refractivity contribution < 1.29 is 14.3 Å². The summed E-state index contributed by atoms with van der Waals surface area (Å²) in [5, 5.41) is 0. The summed E-state index contributed by atoms with van der Waals surface area (Å²) in [6, 6.07) is 8.96. The number of carbonyl (C=O) groups is 2. The summed E-state index contributed by atoms with van der Waals surface area (Å²) < 4.78 is 6.20. The lowest BCUT2D eigenvalue weighted by Crippen LogP contribution is -2.02. The lowest BCUT2D eigenvalue weighted by molar-refractivity contribution is -0.139. The van der Waals surface area contributed by atoms with Crippen LogP contribution in [0.4, 0.5) is 0 Å². The highest BCUT2D eigenvalue weighted by Gasteiger charge is 2.16. The zero-order valence-electron chi connectivity index (χ0n) is 10.5. The van der Waals surface area contributed by atoms with Crippen LogP contribution in [0.2, 0.25) is 0 Å². The maximum Gasteiger partial charge on any atom is 0.310 e. The summed E-state index contributed by atoms with van der Waals surface area (Å²) in [5.41, 5.74) is 0.589. The first kappa shape index (κ1) is 15.4. The predicted molar refractivity (Wildman–Crippen MR) is 85.3 cm³/mol. The summed E-state index contributed by atoms with van der Waals surface area (Å²) in [6.07, 6.45) is 0.189. The molecule has 0 atom stereocenters. The van der Waals surface area contributed by atoms with E-state index in [9.17, 15) is 9.59 Å². The summed E-state index contributed by atoms with van der Waals surface area (Å²) in [5.74, 6) is -0.381. The van der Waals surface area contributed by atoms with Gasteiger partial charge in [0.05, 0.1) is 18.4 Å². The lowest BCUT2D eigenvalue weighted by Gasteiger charge is -2.02. The molecule has 20 heavy (non-hydrogen) atoms. The maximum atomic E-state index is 12.4. The van der Waals surface area contributed by atoms with Crippen molar-refractivity contribution >= 4 is 54.9 Å². The Morgan fingerprint density at radius 1 is 1.20 bits per heavy atom. The zero-order chi connectivity index (χ0) is 14.7. The molecule has 6 heteroatoms. The number of carbonyl (C=O) groups excluding carboxylic acids is 2. The van der Waals surface area contributed by atoms with E-state index in [2.05, 4.69) is 36.6 Å². The van der Waals surface area contributed by atoms with Crippen molar-refractivity contribution in [2.75, 3.05) is 7.11 Å². The minimum absolute atomic E-state index is 0.0701. The molecule has 0 N–H and O–H groups in total. The molecule has 1 heterocycles. The van der Waals surface area contributed by atoms with E-state index < -0.39 is 0 Å². The van der Waals surface area contributed by atoms with Crippen molar-refractivity contribution in [3.63, 3.8) is 0 Å². The number of esters is 1. The number of benzene rings is 1. The van der Waals surface area contributed by atoms with Crippen molar-refractivity contribution in [3.8, 4) is 0 Å². The Morgan fingerprint density at radius 2 is 1.95 bits per heavy atom. The van der Waals surface area contributed by atoms with Crippen LogP contribution in [0.3, 0.4) is 0 Å². The molecule has 1 aromatic heterocycles. The molecule has 0 saturated heterocycles. The van der Waals surface area contributed by atoms with Gasteiger partial charge in [-0.1, -0.05) is 31.9 Å². The Kier molecular flexibility index (Phi) is 5.12. The number of hydrogen-bond acceptors (Lipinski definition) is 4. The number of thiophene rings is 1. The van der Waals surface area contributed by atoms with Crippen LogP contribution >= 0.6 is 43.2 Å². The standard InChI is InChI=1S/C14H10Br2O3S/c1-19-13(17)7-9-3-5-12(20-9)14(18)10-6-8(15)2-4-11(10)16/h2-6H,7H2,1H3. The van der Waals surface area contributed by atoms with Gasteiger partial charge in [-0.2, -0.15) is 0 Å². The Bertz CT molecular complexity index is 664. The van der Waals surface area contributed by atoms with E-state index in [0.717, 1.165) is 13.8 Å². The highest BCUT2D eigenvalue weighted by Crippen LogP contribution is 2.27. The van der Waals surface area contributed by atoms with Crippen molar-refractivity contribution in [1.29, 1.82) is 0 Å². The molecule has 0 aliphatic rings. The summed E-state index contributed by atoms with van der Waals surface area (Å²) in [4.78, 5) is 25.1. The fourth-order valence-electron chi connectivity index (χ4n) is 1.61. The van der Waals surface area contributed by atoms with E-state index in [0.29, 0.717) is 10.4 Å². The molecule has 0 spiro atoms. The van der Waals surface area contributed by atoms with Gasteiger partial charge in [-0.05, 0) is 30.3 Å². The molecule has 104 valence electrons. The Balaban J connectivity index is 2.25. The lowest BCUT2D eigenvalue weighted by atomic mass is 10.1. The normalized spacial score (nSPS) is 10.3. The number of ether oxygens (including phenoxy) is 1. The third-order valence-electron chi connectivity index (χ3n) is 2.60. The average Bonchev–Trinajstić information content (AvgIpc) is 2.89. The van der Waals surface area contributed by atoms with Crippen LogP contribution < -0.4 is 0 Å². The van der Waals surface area contributed by atoms with E-state index in [1.165, 1.54) is 18.4 Å². The quantitative estimate of drug-likeness (QED) is 0.552. The first-order valence-electron chi connectivity index (χ1n) is 5.66. The third kappa shape index (κ3) is 3.56. The highest BCUT2D eigenvalue weighted by atomic mass is 79.9. The van der Waals surface area contributed by atoms with Crippen LogP contribution in [-0.4, -0.2) is 18.9 Å². The molecule has 0 fully saturated rings. The molecule has 0 saturated carbocycles. The minimum atomic E-state index is -0.311. The largest absolute Gasteiger partial charge is 0.469 e. The average molecular weight is 418 g/mol. The summed E-state index contributed by atoms with van der Waals surface area (Å²) in [7, 11) is 1.35. The second kappa shape index (κ2) is 6.65. The minimum Gasteiger partial charge on any atom is -0.469 e. The Morgan fingerprint density at radius 3 is 2.65 bits per heavy atom. The monoisotopic (exact) mass is 416 g/mol. The van der Waals surface area contributed by atoms with Gasteiger partial charge in [-0.15, -0.1) is 11.3 Å². The molecular formula is C14H10Br2O3S. The van der Waals surface area contributed by atoms with E-state index in [1.54, 1.807) is 18.2 Å². The maximum absolute atomic E-state index is 12.4. The van der Waals surface area contributed by atoms with Gasteiger partial charge in [0.2, 0.25) is 5.78 Å². The summed E-state index contributed by atoms with van der Waals surface area (Å²) >= 11 is 8.04. The van der Waals surface area contributed by atoms with Gasteiger partial charge in [-0.3, -0.25) is 9.59 Å². The van der Waals surface area contributed by atoms with Gasteiger partial charge in [0.1, 0.15) is 0 Å². The van der Waals surface area contributed by atoms with Crippen LogP contribution in [0.25, 0.3) is 0 Å². The van der Waals surface area contributed by atoms with Gasteiger partial charge in [0.25, 0.3) is 0 Å². The van der Waals surface area contributed by atoms with Gasteiger partial charge >= 0.3 is 5.97 Å². The highest BCUT2D eigenvalue weighted by molar-refractivity contribution is 9.11. The van der Waals surface area contributed by atoms with Crippen molar-refractivity contribution in [2.45, 2.75) is 6.42 Å². The smallest absolute Gasteiger partial charge is 0.310 e. The molecule has 1 aromatic carbocycles. The van der Waals surface area contributed by atoms with Crippen LogP contribution in [0.1, 0.15) is 20.1 Å². The molecule has 0 unspecified atom stereocenters. The predicted octanol–water partition coefficient (Wildman–Crippen LogP) is 4.22. The molecule has 2 rings (SSSR count). The number of rotatable bonds is 4. The van der Waals surface area contributed by atoms with Crippen LogP contribution in [0.5, 0.6) is 0 Å². The van der Waals surface area contributed by atoms with Crippen LogP contribution in [-0.2, 0) is 16.0 Å². The topological polar surface area (TPSA) is 43.4 Å². The number of ketones is 1. The van der Waals surface area contributed by atoms with Crippen LogP contribution in [0, 0.1) is 0 Å². The van der Waals surface area contributed by atoms with E-state index in [1.807, 2.05) is 12.1 Å². The zero-order valence-corrected chi connectivity index (χ0v) is 14.5. The third-order valence-corrected chi connectivity index (χ3v) is 4.87. The van der Waals surface area contributed by atoms with Crippen molar-refractivity contribution in [2.24, 2.45) is 0 Å². The van der Waals surface area contributed by atoms with Crippen molar-refractivity contribution in [3.05, 3.63) is 54.6 Å². The second-order valence-electron chi connectivity index (χ2n) is 3.97. The molecule has 0 radical (unpaired) electrons. The fourth-order valence-corrected chi connectivity index (χ4v) is 3.35. The number of methoxy groups -OCH3 is 1. The van der Waals surface area contributed by atoms with Crippen molar-refractivity contribution in [1.82, 2.24) is 0 Å². The van der Waals surface area contributed by atoms with Gasteiger partial charge < -0.3 is 4.74 Å². The Labute approximate surface area is 137 Å². The van der Waals surface area contributed by atoms with Crippen LogP contribution in [0.15, 0.2) is 39.3 Å². The van der Waals surface area contributed by atoms with E-state index >= 15 is 0 Å². The SMILES string of the molecule is COC(=O)Cc1ccc(C(=O)c2cc(Br)ccc2Br)s1. The first-order chi connectivity index (χ1) is 9.51. The van der Waals surface area contributed by atoms with Gasteiger partial charge in [0.15, 0.2) is 0 Å². The molecule has 0 bridgehead atoms. The van der Waals surface area contributed by atoms with E-state index in [-0.39, 0.29) is 18.2 Å². The molecule has 0 aliphatic heterocycles. The fraction of sp³-hybridized carbons (Fsp3) is 0.143. The first-order valence-corrected chi connectivity index (χ1v) is 8.07. The van der Waals surface area contributed by atoms with Gasteiger partial charge in [0, 0.05) is 19.4 Å². The molecule has 2 aromatic rings. The number of hydrogen-bond donors (Lipinski definition) is 0. The van der Waals surface area contributed by atoms with E-state index in [4.69, 9.17) is 0 Å². The Hall–Kier alpha value is -0.980. The molecule has 0 aliphatic carbocycles. The molecular weight excluding hydrogens is 408 g/mol. The second-order valence-corrected chi connectivity index (χ2v) is 6.91. The molecule has 0 amide bonds. The molecule has 3 nitrogen and oxygen atoms in total. The van der Waals surface area contributed by atoms with Gasteiger partial charge in [-0.25, -0.2) is 0 Å². The summed E-state index contributed by atoms with van der Waals surface area (Å²) in [6.45, 7) is 0. The number of halogens is 2.